The van der Waals surface area contributed by atoms with Crippen molar-refractivity contribution in [1.82, 2.24) is 0 Å². The fraction of sp³-hybridized carbons (Fsp3) is 0.571. The first-order valence-corrected chi connectivity index (χ1v) is 11.6. The standard InChI is InChI=1S/C28H36O2/c1-17-9-18(2)20(4)26(19(17)3)28-14-21-10-22(15-28)13-27(12-21,16-28)24-8-7-23(29-5)11-25(24)30-6/h7-9,11,21-22H,10,12-16H2,1-6H3. The van der Waals surface area contributed by atoms with Gasteiger partial charge in [-0.1, -0.05) is 12.1 Å². The van der Waals surface area contributed by atoms with E-state index in [-0.39, 0.29) is 5.41 Å². The number of hydrogen-bond donors (Lipinski definition) is 0. The van der Waals surface area contributed by atoms with Crippen molar-refractivity contribution in [3.05, 3.63) is 57.6 Å². The largest absolute Gasteiger partial charge is 0.497 e. The lowest BCUT2D eigenvalue weighted by Gasteiger charge is -2.63. The summed E-state index contributed by atoms with van der Waals surface area (Å²) in [6.45, 7) is 9.34. The number of methoxy groups -OCH3 is 2. The van der Waals surface area contributed by atoms with E-state index in [4.69, 9.17) is 9.47 Å². The van der Waals surface area contributed by atoms with Gasteiger partial charge >= 0.3 is 0 Å². The third-order valence-electron chi connectivity index (χ3n) is 8.94. The van der Waals surface area contributed by atoms with Gasteiger partial charge in [0.05, 0.1) is 14.2 Å². The first-order chi connectivity index (χ1) is 14.3. The number of rotatable bonds is 4. The van der Waals surface area contributed by atoms with E-state index >= 15 is 0 Å². The fourth-order valence-corrected chi connectivity index (χ4v) is 8.12. The fourth-order valence-electron chi connectivity index (χ4n) is 8.12. The summed E-state index contributed by atoms with van der Waals surface area (Å²) in [5.74, 6) is 3.56. The normalized spacial score (nSPS) is 31.8. The van der Waals surface area contributed by atoms with E-state index in [0.717, 1.165) is 23.3 Å². The molecule has 4 aliphatic rings. The van der Waals surface area contributed by atoms with Crippen LogP contribution in [-0.2, 0) is 10.8 Å². The molecule has 2 heteroatoms. The SMILES string of the molecule is COc1ccc(C23CC4CC(C2)CC(c2c(C)c(C)cc(C)c2C)(C4)C3)c(OC)c1. The minimum Gasteiger partial charge on any atom is -0.497 e. The Bertz CT molecular complexity index is 962. The molecule has 2 nitrogen and oxygen atoms in total. The average molecular weight is 405 g/mol. The van der Waals surface area contributed by atoms with Crippen LogP contribution in [0.4, 0.5) is 0 Å². The second kappa shape index (κ2) is 6.77. The van der Waals surface area contributed by atoms with Crippen molar-refractivity contribution in [3.8, 4) is 11.5 Å². The molecule has 4 bridgehead atoms. The molecule has 0 N–H and O–H groups in total. The van der Waals surface area contributed by atoms with Crippen LogP contribution in [-0.4, -0.2) is 14.2 Å². The Morgan fingerprint density at radius 2 is 1.37 bits per heavy atom. The van der Waals surface area contributed by atoms with Crippen LogP contribution in [0.1, 0.15) is 71.9 Å². The third kappa shape index (κ3) is 2.75. The Morgan fingerprint density at radius 3 is 1.93 bits per heavy atom. The summed E-state index contributed by atoms with van der Waals surface area (Å²) in [5.41, 5.74) is 9.65. The summed E-state index contributed by atoms with van der Waals surface area (Å²) in [6, 6.07) is 8.92. The number of benzene rings is 2. The van der Waals surface area contributed by atoms with Crippen molar-refractivity contribution in [2.45, 2.75) is 77.0 Å². The highest BCUT2D eigenvalue weighted by Gasteiger charge is 2.59. The van der Waals surface area contributed by atoms with Crippen LogP contribution < -0.4 is 9.47 Å². The summed E-state index contributed by atoms with van der Waals surface area (Å²) in [6.07, 6.45) is 8.06. The Kier molecular flexibility index (Phi) is 4.51. The smallest absolute Gasteiger partial charge is 0.126 e. The maximum absolute atomic E-state index is 5.92. The van der Waals surface area contributed by atoms with E-state index in [9.17, 15) is 0 Å². The van der Waals surface area contributed by atoms with E-state index < -0.39 is 0 Å². The second-order valence-electron chi connectivity index (χ2n) is 10.7. The Morgan fingerprint density at radius 1 is 0.767 bits per heavy atom. The predicted molar refractivity (Wildman–Crippen MR) is 123 cm³/mol. The molecule has 30 heavy (non-hydrogen) atoms. The van der Waals surface area contributed by atoms with Crippen molar-refractivity contribution in [1.29, 1.82) is 0 Å². The zero-order valence-corrected chi connectivity index (χ0v) is 19.5. The highest BCUT2D eigenvalue weighted by atomic mass is 16.5. The lowest BCUT2D eigenvalue weighted by molar-refractivity contribution is -0.0294. The first kappa shape index (κ1) is 20.0. The van der Waals surface area contributed by atoms with Crippen LogP contribution in [0.3, 0.4) is 0 Å². The average Bonchev–Trinajstić information content (AvgIpc) is 2.70. The molecule has 0 saturated heterocycles. The molecule has 2 aromatic rings. The van der Waals surface area contributed by atoms with Gasteiger partial charge in [0.15, 0.2) is 0 Å². The maximum Gasteiger partial charge on any atom is 0.126 e. The monoisotopic (exact) mass is 404 g/mol. The summed E-state index contributed by atoms with van der Waals surface area (Å²) in [5, 5.41) is 0. The van der Waals surface area contributed by atoms with E-state index in [1.54, 1.807) is 12.7 Å². The molecule has 0 spiro atoms. The van der Waals surface area contributed by atoms with Gasteiger partial charge in [0, 0.05) is 17.0 Å². The number of aryl methyl sites for hydroxylation is 2. The van der Waals surface area contributed by atoms with Gasteiger partial charge in [0.2, 0.25) is 0 Å². The van der Waals surface area contributed by atoms with Crippen LogP contribution in [0.5, 0.6) is 11.5 Å². The molecule has 0 heterocycles. The van der Waals surface area contributed by atoms with E-state index in [1.807, 2.05) is 7.11 Å². The molecular weight excluding hydrogens is 368 g/mol. The summed E-state index contributed by atoms with van der Waals surface area (Å²) < 4.78 is 11.4. The second-order valence-corrected chi connectivity index (χ2v) is 10.7. The van der Waals surface area contributed by atoms with Crippen LogP contribution in [0.25, 0.3) is 0 Å². The Labute approximate surface area is 182 Å². The van der Waals surface area contributed by atoms with Crippen molar-refractivity contribution < 1.29 is 9.47 Å². The lowest BCUT2D eigenvalue weighted by Crippen LogP contribution is -2.56. The van der Waals surface area contributed by atoms with Gasteiger partial charge in [-0.05, 0) is 117 Å². The van der Waals surface area contributed by atoms with E-state index in [0.29, 0.717) is 5.41 Å². The summed E-state index contributed by atoms with van der Waals surface area (Å²) >= 11 is 0. The predicted octanol–water partition coefficient (Wildman–Crippen LogP) is 6.73. The van der Waals surface area contributed by atoms with E-state index in [2.05, 4.69) is 52.0 Å². The highest BCUT2D eigenvalue weighted by Crippen LogP contribution is 2.67. The van der Waals surface area contributed by atoms with Crippen LogP contribution in [0.2, 0.25) is 0 Å². The van der Waals surface area contributed by atoms with Gasteiger partial charge in [-0.15, -0.1) is 0 Å². The van der Waals surface area contributed by atoms with Gasteiger partial charge in [-0.2, -0.15) is 0 Å². The minimum absolute atomic E-state index is 0.234. The summed E-state index contributed by atoms with van der Waals surface area (Å²) in [7, 11) is 3.55. The third-order valence-corrected chi connectivity index (χ3v) is 8.94. The maximum atomic E-state index is 5.92. The van der Waals surface area contributed by atoms with Gasteiger partial charge in [-0.3, -0.25) is 0 Å². The lowest BCUT2D eigenvalue weighted by atomic mass is 9.41. The molecule has 0 aromatic heterocycles. The molecule has 4 fully saturated rings. The van der Waals surface area contributed by atoms with Gasteiger partial charge < -0.3 is 9.47 Å². The molecule has 6 rings (SSSR count). The zero-order chi connectivity index (χ0) is 21.3. The van der Waals surface area contributed by atoms with Crippen LogP contribution in [0, 0.1) is 39.5 Å². The molecule has 4 saturated carbocycles. The van der Waals surface area contributed by atoms with Crippen molar-refractivity contribution in [2.75, 3.05) is 14.2 Å². The minimum atomic E-state index is 0.234. The number of hydrogen-bond acceptors (Lipinski definition) is 2. The molecule has 2 unspecified atom stereocenters. The molecule has 2 aromatic carbocycles. The molecular formula is C28H36O2. The highest BCUT2D eigenvalue weighted by molar-refractivity contribution is 5.52. The quantitative estimate of drug-likeness (QED) is 0.563. The van der Waals surface area contributed by atoms with Crippen molar-refractivity contribution in [2.24, 2.45) is 11.8 Å². The van der Waals surface area contributed by atoms with Gasteiger partial charge in [-0.25, -0.2) is 0 Å². The molecule has 0 aliphatic heterocycles. The summed E-state index contributed by atoms with van der Waals surface area (Å²) in [4.78, 5) is 0. The zero-order valence-electron chi connectivity index (χ0n) is 19.5. The molecule has 160 valence electrons. The molecule has 2 atom stereocenters. The van der Waals surface area contributed by atoms with Gasteiger partial charge in [0.1, 0.15) is 11.5 Å². The molecule has 0 radical (unpaired) electrons. The molecule has 4 aliphatic carbocycles. The van der Waals surface area contributed by atoms with Crippen molar-refractivity contribution in [3.63, 3.8) is 0 Å². The van der Waals surface area contributed by atoms with Crippen LogP contribution in [0.15, 0.2) is 24.3 Å². The topological polar surface area (TPSA) is 18.5 Å². The van der Waals surface area contributed by atoms with Gasteiger partial charge in [0.25, 0.3) is 0 Å². The first-order valence-electron chi connectivity index (χ1n) is 11.6. The van der Waals surface area contributed by atoms with Crippen molar-refractivity contribution >= 4 is 0 Å². The Balaban J connectivity index is 1.68. The number of ether oxygens (including phenoxy) is 2. The van der Waals surface area contributed by atoms with Crippen LogP contribution >= 0.6 is 0 Å². The Hall–Kier alpha value is -1.96. The molecule has 0 amide bonds. The van der Waals surface area contributed by atoms with E-state index in [1.165, 1.54) is 66.3 Å².